The Bertz CT molecular complexity index is 527. The Hall–Kier alpha value is -1.89. The number of carboxylic acids is 1. The van der Waals surface area contributed by atoms with E-state index in [1.54, 1.807) is 35.9 Å². The van der Waals surface area contributed by atoms with E-state index in [4.69, 9.17) is 5.73 Å². The van der Waals surface area contributed by atoms with Crippen LogP contribution in [-0.2, 0) is 16.6 Å². The van der Waals surface area contributed by atoms with Gasteiger partial charge in [-0.1, -0.05) is 0 Å². The molecule has 1 aromatic rings. The Balaban J connectivity index is 2.11. The molecule has 2 atom stereocenters. The Morgan fingerprint density at radius 1 is 1.55 bits per heavy atom. The van der Waals surface area contributed by atoms with Crippen LogP contribution in [0.1, 0.15) is 31.4 Å². The zero-order chi connectivity index (χ0) is 14.9. The molecule has 0 aromatic carbocycles. The van der Waals surface area contributed by atoms with Crippen molar-refractivity contribution >= 4 is 11.9 Å². The number of piperidine rings is 1. The van der Waals surface area contributed by atoms with Gasteiger partial charge in [-0.15, -0.1) is 0 Å². The van der Waals surface area contributed by atoms with Crippen LogP contribution in [0.2, 0.25) is 0 Å². The van der Waals surface area contributed by atoms with Crippen molar-refractivity contribution in [2.24, 2.45) is 18.2 Å². The van der Waals surface area contributed by atoms with Gasteiger partial charge in [0.2, 0.25) is 5.91 Å². The van der Waals surface area contributed by atoms with Crippen LogP contribution in [0.15, 0.2) is 12.4 Å². The number of amides is 1. The third-order valence-corrected chi connectivity index (χ3v) is 3.87. The molecule has 7 nitrogen and oxygen atoms in total. The van der Waals surface area contributed by atoms with Crippen LogP contribution < -0.4 is 5.73 Å². The number of carbonyl (C=O) groups is 2. The van der Waals surface area contributed by atoms with Crippen molar-refractivity contribution < 1.29 is 14.7 Å². The zero-order valence-corrected chi connectivity index (χ0v) is 11.7. The second-order valence-electron chi connectivity index (χ2n) is 5.65. The van der Waals surface area contributed by atoms with Crippen molar-refractivity contribution in [2.45, 2.75) is 25.8 Å². The maximum Gasteiger partial charge on any atom is 0.311 e. The van der Waals surface area contributed by atoms with E-state index in [-0.39, 0.29) is 12.5 Å². The second kappa shape index (κ2) is 5.24. The number of carbonyl (C=O) groups excluding carboxylic acids is 1. The molecule has 1 fully saturated rings. The molecular weight excluding hydrogens is 260 g/mol. The minimum absolute atomic E-state index is 0.204. The number of rotatable bonds is 3. The van der Waals surface area contributed by atoms with Crippen LogP contribution in [0.5, 0.6) is 0 Å². The van der Waals surface area contributed by atoms with Crippen molar-refractivity contribution in [1.82, 2.24) is 14.7 Å². The van der Waals surface area contributed by atoms with Gasteiger partial charge in [0.1, 0.15) is 6.04 Å². The lowest BCUT2D eigenvalue weighted by Crippen LogP contribution is -2.50. The lowest BCUT2D eigenvalue weighted by Gasteiger charge is -2.38. The number of aromatic nitrogens is 2. The maximum atomic E-state index is 12.4. The summed E-state index contributed by atoms with van der Waals surface area (Å²) in [6, 6.07) is -0.792. The Morgan fingerprint density at radius 2 is 2.25 bits per heavy atom. The largest absolute Gasteiger partial charge is 0.481 e. The smallest absolute Gasteiger partial charge is 0.311 e. The van der Waals surface area contributed by atoms with Crippen molar-refractivity contribution in [3.05, 3.63) is 18.0 Å². The summed E-state index contributed by atoms with van der Waals surface area (Å²) in [6.07, 6.45) is 4.51. The lowest BCUT2D eigenvalue weighted by molar-refractivity contribution is -0.153. The van der Waals surface area contributed by atoms with Crippen molar-refractivity contribution in [2.75, 3.05) is 13.1 Å². The number of aliphatic carboxylic acids is 1. The van der Waals surface area contributed by atoms with Gasteiger partial charge in [0.05, 0.1) is 11.6 Å². The fourth-order valence-electron chi connectivity index (χ4n) is 2.54. The maximum absolute atomic E-state index is 12.4. The van der Waals surface area contributed by atoms with Crippen LogP contribution in [-0.4, -0.2) is 44.8 Å². The number of nitrogens with two attached hydrogens (primary N) is 1. The number of likely N-dealkylation sites (tertiary alicyclic amines) is 1. The van der Waals surface area contributed by atoms with Gasteiger partial charge in [-0.25, -0.2) is 0 Å². The van der Waals surface area contributed by atoms with Gasteiger partial charge in [-0.3, -0.25) is 14.3 Å². The standard InChI is InChI=1S/C13H20N4O3/c1-13(12(19)20)4-3-5-17(8-13)11(18)10(14)9-6-15-16(2)7-9/h6-7,10H,3-5,8,14H2,1-2H3,(H,19,20). The van der Waals surface area contributed by atoms with Gasteiger partial charge in [0.25, 0.3) is 0 Å². The van der Waals surface area contributed by atoms with E-state index >= 15 is 0 Å². The van der Waals surface area contributed by atoms with E-state index in [1.807, 2.05) is 0 Å². The number of carboxylic acid groups (broad SMARTS) is 1. The number of nitrogens with zero attached hydrogens (tertiary/aromatic N) is 3. The SMILES string of the molecule is Cn1cc(C(N)C(=O)N2CCCC(C)(C(=O)O)C2)cn1. The molecular formula is C13H20N4O3. The first-order valence-electron chi connectivity index (χ1n) is 6.60. The summed E-state index contributed by atoms with van der Waals surface area (Å²) in [4.78, 5) is 25.2. The summed E-state index contributed by atoms with van der Waals surface area (Å²) in [6.45, 7) is 2.43. The summed E-state index contributed by atoms with van der Waals surface area (Å²) in [5.74, 6) is -1.12. The third kappa shape index (κ3) is 2.67. The molecule has 1 aromatic heterocycles. The van der Waals surface area contributed by atoms with Crippen molar-refractivity contribution in [1.29, 1.82) is 0 Å². The highest BCUT2D eigenvalue weighted by molar-refractivity contribution is 5.84. The summed E-state index contributed by atoms with van der Waals surface area (Å²) in [5.41, 5.74) is 5.71. The second-order valence-corrected chi connectivity index (χ2v) is 5.65. The molecule has 1 aliphatic heterocycles. The number of hydrogen-bond donors (Lipinski definition) is 2. The van der Waals surface area contributed by atoms with E-state index in [1.165, 1.54) is 0 Å². The summed E-state index contributed by atoms with van der Waals surface area (Å²) in [5, 5.41) is 13.3. The molecule has 1 aliphatic rings. The van der Waals surface area contributed by atoms with Gasteiger partial charge in [-0.2, -0.15) is 5.10 Å². The van der Waals surface area contributed by atoms with Crippen LogP contribution in [0.4, 0.5) is 0 Å². The highest BCUT2D eigenvalue weighted by atomic mass is 16.4. The predicted molar refractivity (Wildman–Crippen MR) is 71.7 cm³/mol. The van der Waals surface area contributed by atoms with Crippen LogP contribution in [0.25, 0.3) is 0 Å². The molecule has 7 heteroatoms. The fraction of sp³-hybridized carbons (Fsp3) is 0.615. The third-order valence-electron chi connectivity index (χ3n) is 3.87. The van der Waals surface area contributed by atoms with E-state index < -0.39 is 17.4 Å². The summed E-state index contributed by atoms with van der Waals surface area (Å²) < 4.78 is 1.58. The number of hydrogen-bond acceptors (Lipinski definition) is 4. The molecule has 2 heterocycles. The van der Waals surface area contributed by atoms with E-state index in [0.29, 0.717) is 24.9 Å². The van der Waals surface area contributed by atoms with Crippen molar-refractivity contribution in [3.63, 3.8) is 0 Å². The van der Waals surface area contributed by atoms with Gasteiger partial charge in [0, 0.05) is 31.9 Å². The molecule has 0 bridgehead atoms. The summed E-state index contributed by atoms with van der Waals surface area (Å²) >= 11 is 0. The molecule has 0 spiro atoms. The molecule has 1 amide bonds. The monoisotopic (exact) mass is 280 g/mol. The van der Waals surface area contributed by atoms with Crippen LogP contribution in [0.3, 0.4) is 0 Å². The van der Waals surface area contributed by atoms with Gasteiger partial charge in [0.15, 0.2) is 0 Å². The first-order chi connectivity index (χ1) is 9.33. The highest BCUT2D eigenvalue weighted by Crippen LogP contribution is 2.30. The van der Waals surface area contributed by atoms with E-state index in [9.17, 15) is 14.7 Å². The van der Waals surface area contributed by atoms with Gasteiger partial charge < -0.3 is 15.7 Å². The zero-order valence-electron chi connectivity index (χ0n) is 11.7. The molecule has 0 saturated carbocycles. The lowest BCUT2D eigenvalue weighted by atomic mass is 9.82. The summed E-state index contributed by atoms with van der Waals surface area (Å²) in [7, 11) is 1.75. The minimum atomic E-state index is -0.886. The highest BCUT2D eigenvalue weighted by Gasteiger charge is 2.40. The molecule has 0 radical (unpaired) electrons. The molecule has 3 N–H and O–H groups in total. The average molecular weight is 280 g/mol. The predicted octanol–water partition coefficient (Wildman–Crippen LogP) is 0.133. The van der Waals surface area contributed by atoms with E-state index in [0.717, 1.165) is 0 Å². The Labute approximate surface area is 117 Å². The number of aryl methyl sites for hydroxylation is 1. The van der Waals surface area contributed by atoms with Crippen LogP contribution >= 0.6 is 0 Å². The van der Waals surface area contributed by atoms with Gasteiger partial charge >= 0.3 is 5.97 Å². The molecule has 2 unspecified atom stereocenters. The normalized spacial score (nSPS) is 24.4. The van der Waals surface area contributed by atoms with Gasteiger partial charge in [-0.05, 0) is 19.8 Å². The van der Waals surface area contributed by atoms with Crippen LogP contribution in [0, 0.1) is 5.41 Å². The van der Waals surface area contributed by atoms with E-state index in [2.05, 4.69) is 5.10 Å². The average Bonchev–Trinajstić information content (AvgIpc) is 2.83. The Kier molecular flexibility index (Phi) is 3.80. The quantitative estimate of drug-likeness (QED) is 0.819. The topological polar surface area (TPSA) is 101 Å². The molecule has 20 heavy (non-hydrogen) atoms. The minimum Gasteiger partial charge on any atom is -0.481 e. The molecule has 2 rings (SSSR count). The fourth-order valence-corrected chi connectivity index (χ4v) is 2.54. The molecule has 1 saturated heterocycles. The van der Waals surface area contributed by atoms with Crippen molar-refractivity contribution in [3.8, 4) is 0 Å². The molecule has 0 aliphatic carbocycles. The first kappa shape index (κ1) is 14.5. The first-order valence-corrected chi connectivity index (χ1v) is 6.60. The Morgan fingerprint density at radius 3 is 2.80 bits per heavy atom. The molecule has 110 valence electrons.